The van der Waals surface area contributed by atoms with Crippen molar-refractivity contribution in [2.75, 3.05) is 18.3 Å². The van der Waals surface area contributed by atoms with E-state index >= 15 is 0 Å². The van der Waals surface area contributed by atoms with Gasteiger partial charge in [-0.1, -0.05) is 11.8 Å². The fourth-order valence-electron chi connectivity index (χ4n) is 3.31. The van der Waals surface area contributed by atoms with Crippen molar-refractivity contribution in [3.05, 3.63) is 34.1 Å². The Bertz CT molecular complexity index is 506. The van der Waals surface area contributed by atoms with Crippen molar-refractivity contribution in [2.24, 2.45) is 5.41 Å². The van der Waals surface area contributed by atoms with E-state index in [1.165, 1.54) is 10.5 Å². The molecular formula is C13H14O2S2. The molecule has 0 aromatic carbocycles. The van der Waals surface area contributed by atoms with Gasteiger partial charge in [0.15, 0.2) is 0 Å². The summed E-state index contributed by atoms with van der Waals surface area (Å²) in [6, 6.07) is 0. The van der Waals surface area contributed by atoms with Crippen molar-refractivity contribution in [3.8, 4) is 0 Å². The molecule has 17 heavy (non-hydrogen) atoms. The van der Waals surface area contributed by atoms with E-state index in [2.05, 4.69) is 26.0 Å². The van der Waals surface area contributed by atoms with E-state index in [4.69, 9.17) is 9.47 Å². The van der Waals surface area contributed by atoms with Gasteiger partial charge < -0.3 is 9.47 Å². The zero-order valence-electron chi connectivity index (χ0n) is 9.91. The summed E-state index contributed by atoms with van der Waals surface area (Å²) < 4.78 is 11.9. The van der Waals surface area contributed by atoms with Crippen LogP contribution >= 0.6 is 23.5 Å². The lowest BCUT2D eigenvalue weighted by molar-refractivity contribution is 0.202. The largest absolute Gasteiger partial charge is 0.492 e. The average molecular weight is 266 g/mol. The van der Waals surface area contributed by atoms with Crippen LogP contribution in [0.4, 0.5) is 0 Å². The van der Waals surface area contributed by atoms with Crippen molar-refractivity contribution in [2.45, 2.75) is 18.6 Å². The normalized spacial score (nSPS) is 42.2. The van der Waals surface area contributed by atoms with Crippen LogP contribution in [0, 0.1) is 5.41 Å². The van der Waals surface area contributed by atoms with Crippen LogP contribution in [0.3, 0.4) is 0 Å². The Kier molecular flexibility index (Phi) is 1.90. The minimum Gasteiger partial charge on any atom is -0.492 e. The Labute approximate surface area is 109 Å². The highest BCUT2D eigenvalue weighted by atomic mass is 32.2. The van der Waals surface area contributed by atoms with Crippen LogP contribution in [0.25, 0.3) is 0 Å². The average Bonchev–Trinajstić information content (AvgIpc) is 2.73. The summed E-state index contributed by atoms with van der Waals surface area (Å²) >= 11 is 3.77. The molecule has 0 radical (unpaired) electrons. The molecule has 4 rings (SSSR count). The molecule has 0 spiro atoms. The van der Waals surface area contributed by atoms with Crippen molar-refractivity contribution < 1.29 is 9.47 Å². The molecule has 4 aliphatic rings. The van der Waals surface area contributed by atoms with Gasteiger partial charge in [-0.25, -0.2) is 0 Å². The van der Waals surface area contributed by atoms with Crippen LogP contribution in [0.5, 0.6) is 0 Å². The van der Waals surface area contributed by atoms with Gasteiger partial charge in [-0.2, -0.15) is 0 Å². The van der Waals surface area contributed by atoms with E-state index in [0.717, 1.165) is 29.8 Å². The standard InChI is InChI=1S/C13H14O2S2/c1-12-6-14-8-5-10-13(2,11(8)12)9(3-4-17-12)15-7-16-10/h3,5H,4,6-7H2,1-2H3. The molecule has 0 N–H and O–H groups in total. The molecular weight excluding hydrogens is 252 g/mol. The molecule has 1 aliphatic carbocycles. The monoisotopic (exact) mass is 266 g/mol. The lowest BCUT2D eigenvalue weighted by atomic mass is 9.76. The fraction of sp³-hybridized carbons (Fsp3) is 0.538. The molecule has 90 valence electrons. The molecule has 2 unspecified atom stereocenters. The van der Waals surface area contributed by atoms with Crippen molar-refractivity contribution in [1.82, 2.24) is 0 Å². The number of ether oxygens (including phenoxy) is 2. The van der Waals surface area contributed by atoms with E-state index in [9.17, 15) is 0 Å². The molecule has 0 bridgehead atoms. The second-order valence-corrected chi connectivity index (χ2v) is 7.67. The predicted molar refractivity (Wildman–Crippen MR) is 71.7 cm³/mol. The van der Waals surface area contributed by atoms with Gasteiger partial charge in [-0.05, 0) is 26.0 Å². The molecule has 1 saturated heterocycles. The van der Waals surface area contributed by atoms with E-state index in [-0.39, 0.29) is 10.2 Å². The molecule has 1 fully saturated rings. The van der Waals surface area contributed by atoms with Gasteiger partial charge in [0.25, 0.3) is 0 Å². The fourth-order valence-corrected chi connectivity index (χ4v) is 5.49. The smallest absolute Gasteiger partial charge is 0.137 e. The number of hydrogen-bond acceptors (Lipinski definition) is 4. The van der Waals surface area contributed by atoms with Crippen molar-refractivity contribution in [3.63, 3.8) is 0 Å². The summed E-state index contributed by atoms with van der Waals surface area (Å²) in [6.45, 7) is 5.39. The zero-order valence-corrected chi connectivity index (χ0v) is 11.5. The lowest BCUT2D eigenvalue weighted by Gasteiger charge is -2.39. The summed E-state index contributed by atoms with van der Waals surface area (Å²) in [7, 11) is 0. The molecule has 0 saturated carbocycles. The van der Waals surface area contributed by atoms with E-state index in [1.54, 1.807) is 11.8 Å². The first-order valence-electron chi connectivity index (χ1n) is 5.85. The van der Waals surface area contributed by atoms with Crippen LogP contribution in [0.1, 0.15) is 13.8 Å². The Balaban J connectivity index is 1.99. The van der Waals surface area contributed by atoms with Gasteiger partial charge in [0.2, 0.25) is 0 Å². The van der Waals surface area contributed by atoms with Gasteiger partial charge in [0.1, 0.15) is 24.1 Å². The first-order chi connectivity index (χ1) is 8.14. The second-order valence-electron chi connectivity index (χ2n) is 5.18. The maximum Gasteiger partial charge on any atom is 0.137 e. The molecule has 4 heteroatoms. The van der Waals surface area contributed by atoms with Gasteiger partial charge in [0.05, 0.1) is 10.2 Å². The number of allylic oxidation sites excluding steroid dienone is 2. The van der Waals surface area contributed by atoms with Crippen LogP contribution < -0.4 is 0 Å². The Hall–Kier alpha value is -0.480. The Morgan fingerprint density at radius 3 is 3.06 bits per heavy atom. The highest BCUT2D eigenvalue weighted by molar-refractivity contribution is 8.03. The molecule has 0 amide bonds. The van der Waals surface area contributed by atoms with Crippen LogP contribution in [0.15, 0.2) is 34.1 Å². The number of hydrogen-bond donors (Lipinski definition) is 0. The maximum absolute atomic E-state index is 5.91. The molecule has 2 nitrogen and oxygen atoms in total. The molecule has 3 heterocycles. The summed E-state index contributed by atoms with van der Waals surface area (Å²) in [4.78, 5) is 1.40. The molecule has 0 aromatic rings. The van der Waals surface area contributed by atoms with Gasteiger partial charge in [-0.3, -0.25) is 0 Å². The van der Waals surface area contributed by atoms with E-state index in [1.807, 2.05) is 11.8 Å². The van der Waals surface area contributed by atoms with Gasteiger partial charge in [0, 0.05) is 16.2 Å². The molecule has 3 aliphatic heterocycles. The first-order valence-corrected chi connectivity index (χ1v) is 7.82. The molecule has 2 atom stereocenters. The van der Waals surface area contributed by atoms with Crippen molar-refractivity contribution in [1.29, 1.82) is 0 Å². The number of thioether (sulfide) groups is 2. The lowest BCUT2D eigenvalue weighted by Crippen LogP contribution is -2.36. The summed E-state index contributed by atoms with van der Waals surface area (Å²) in [6.07, 6.45) is 4.49. The minimum absolute atomic E-state index is 0.0486. The third kappa shape index (κ3) is 1.11. The second kappa shape index (κ2) is 3.09. The highest BCUT2D eigenvalue weighted by Crippen LogP contribution is 2.64. The quantitative estimate of drug-likeness (QED) is 0.669. The Morgan fingerprint density at radius 2 is 2.18 bits per heavy atom. The van der Waals surface area contributed by atoms with Crippen molar-refractivity contribution >= 4 is 23.5 Å². The zero-order chi connectivity index (χ0) is 11.7. The van der Waals surface area contributed by atoms with Gasteiger partial charge in [-0.15, -0.1) is 11.8 Å². The Morgan fingerprint density at radius 1 is 1.29 bits per heavy atom. The summed E-state index contributed by atoms with van der Waals surface area (Å²) in [5, 5.41) is 0. The predicted octanol–water partition coefficient (Wildman–Crippen LogP) is 3.28. The first kappa shape index (κ1) is 10.4. The number of rotatable bonds is 0. The van der Waals surface area contributed by atoms with E-state index < -0.39 is 0 Å². The SMILES string of the molecule is CC12COC3=C1C1(C)C(=CCS2)OCSC1=C3. The highest BCUT2D eigenvalue weighted by Gasteiger charge is 2.57. The van der Waals surface area contributed by atoms with Crippen LogP contribution in [-0.4, -0.2) is 23.0 Å². The third-order valence-electron chi connectivity index (χ3n) is 4.13. The summed E-state index contributed by atoms with van der Waals surface area (Å²) in [5.74, 6) is 3.98. The topological polar surface area (TPSA) is 18.5 Å². The third-order valence-corrected chi connectivity index (χ3v) is 6.49. The maximum atomic E-state index is 5.91. The van der Waals surface area contributed by atoms with Gasteiger partial charge >= 0.3 is 0 Å². The minimum atomic E-state index is -0.0486. The van der Waals surface area contributed by atoms with Crippen LogP contribution in [0.2, 0.25) is 0 Å². The van der Waals surface area contributed by atoms with E-state index in [0.29, 0.717) is 0 Å². The summed E-state index contributed by atoms with van der Waals surface area (Å²) in [5.41, 5.74) is 1.38. The van der Waals surface area contributed by atoms with Crippen LogP contribution in [-0.2, 0) is 9.47 Å². The molecule has 0 aromatic heterocycles.